The normalized spacial score (nSPS) is 28.0. The van der Waals surface area contributed by atoms with Crippen LogP contribution in [0.5, 0.6) is 0 Å². The fourth-order valence-electron chi connectivity index (χ4n) is 2.59. The van der Waals surface area contributed by atoms with Gasteiger partial charge < -0.3 is 4.74 Å². The summed E-state index contributed by atoms with van der Waals surface area (Å²) < 4.78 is 6.14. The van der Waals surface area contributed by atoms with Gasteiger partial charge in [0, 0.05) is 0 Å². The molecule has 0 radical (unpaired) electrons. The second kappa shape index (κ2) is 6.75. The Morgan fingerprint density at radius 2 is 2.00 bits per heavy atom. The van der Waals surface area contributed by atoms with Crippen molar-refractivity contribution < 1.29 is 4.74 Å². The Bertz CT molecular complexity index is 380. The molecule has 0 amide bonds. The topological polar surface area (TPSA) is 9.23 Å². The number of ether oxygens (including phenoxy) is 1. The summed E-state index contributed by atoms with van der Waals surface area (Å²) in [6.45, 7) is 4.43. The van der Waals surface area contributed by atoms with Gasteiger partial charge in [-0.25, -0.2) is 0 Å². The van der Waals surface area contributed by atoms with Gasteiger partial charge in [-0.3, -0.25) is 0 Å². The smallest absolute Gasteiger partial charge is 0.0618 e. The molecular weight excluding hydrogens is 220 g/mol. The summed E-state index contributed by atoms with van der Waals surface area (Å²) in [5.41, 5.74) is 2.90. The van der Waals surface area contributed by atoms with Crippen molar-refractivity contribution in [2.24, 2.45) is 0 Å². The van der Waals surface area contributed by atoms with Gasteiger partial charge in [0.05, 0.1) is 12.2 Å². The fraction of sp³-hybridized carbons (Fsp3) is 0.529. The molecule has 0 N–H and O–H groups in total. The molecule has 1 aromatic carbocycles. The zero-order chi connectivity index (χ0) is 12.8. The Morgan fingerprint density at radius 3 is 2.78 bits per heavy atom. The minimum atomic E-state index is 0.386. The Morgan fingerprint density at radius 1 is 1.22 bits per heavy atom. The molecule has 1 heterocycles. The lowest BCUT2D eigenvalue weighted by Gasteiger charge is -2.25. The van der Waals surface area contributed by atoms with E-state index in [4.69, 9.17) is 4.74 Å². The van der Waals surface area contributed by atoms with Crippen molar-refractivity contribution in [1.29, 1.82) is 0 Å². The van der Waals surface area contributed by atoms with Gasteiger partial charge in [0.15, 0.2) is 0 Å². The molecular formula is C17H24O. The summed E-state index contributed by atoms with van der Waals surface area (Å²) in [5, 5.41) is 0. The van der Waals surface area contributed by atoms with E-state index in [9.17, 15) is 0 Å². The zero-order valence-electron chi connectivity index (χ0n) is 11.6. The molecule has 1 heteroatoms. The highest BCUT2D eigenvalue weighted by atomic mass is 16.5. The van der Waals surface area contributed by atoms with Gasteiger partial charge in [-0.15, -0.1) is 0 Å². The third kappa shape index (κ3) is 4.30. The van der Waals surface area contributed by atoms with Crippen molar-refractivity contribution in [2.45, 2.75) is 58.2 Å². The molecule has 1 nitrogen and oxygen atoms in total. The maximum Gasteiger partial charge on any atom is 0.0618 e. The molecule has 1 aliphatic rings. The van der Waals surface area contributed by atoms with Gasteiger partial charge in [0.2, 0.25) is 0 Å². The second-order valence-electron chi connectivity index (χ2n) is 5.42. The van der Waals surface area contributed by atoms with Crippen LogP contribution in [0.15, 0.2) is 42.0 Å². The van der Waals surface area contributed by atoms with E-state index in [0.717, 1.165) is 25.7 Å². The van der Waals surface area contributed by atoms with E-state index in [-0.39, 0.29) is 0 Å². The highest BCUT2D eigenvalue weighted by molar-refractivity contribution is 5.15. The maximum atomic E-state index is 6.14. The highest BCUT2D eigenvalue weighted by Crippen LogP contribution is 2.21. The quantitative estimate of drug-likeness (QED) is 0.710. The fourth-order valence-corrected chi connectivity index (χ4v) is 2.59. The van der Waals surface area contributed by atoms with E-state index >= 15 is 0 Å². The van der Waals surface area contributed by atoms with Gasteiger partial charge in [-0.2, -0.15) is 0 Å². The number of rotatable bonds is 3. The van der Waals surface area contributed by atoms with Crippen LogP contribution in [-0.4, -0.2) is 12.2 Å². The minimum absolute atomic E-state index is 0.386. The van der Waals surface area contributed by atoms with E-state index < -0.39 is 0 Å². The van der Waals surface area contributed by atoms with Gasteiger partial charge in [0.25, 0.3) is 0 Å². The number of aryl methyl sites for hydroxylation is 1. The average Bonchev–Trinajstić information content (AvgIpc) is 2.35. The highest BCUT2D eigenvalue weighted by Gasteiger charge is 2.16. The Balaban J connectivity index is 1.90. The lowest BCUT2D eigenvalue weighted by molar-refractivity contribution is -0.0113. The van der Waals surface area contributed by atoms with Gasteiger partial charge in [0.1, 0.15) is 0 Å². The van der Waals surface area contributed by atoms with Crippen molar-refractivity contribution in [3.63, 3.8) is 0 Å². The molecule has 1 aromatic rings. The number of allylic oxidation sites excluding steroid dienone is 1. The second-order valence-corrected chi connectivity index (χ2v) is 5.42. The lowest BCUT2D eigenvalue weighted by Crippen LogP contribution is -2.22. The third-order valence-electron chi connectivity index (χ3n) is 3.64. The summed E-state index contributed by atoms with van der Waals surface area (Å²) in [4.78, 5) is 0. The van der Waals surface area contributed by atoms with Crippen molar-refractivity contribution in [1.82, 2.24) is 0 Å². The molecule has 0 aromatic heterocycles. The van der Waals surface area contributed by atoms with Gasteiger partial charge in [-0.1, -0.05) is 42.0 Å². The van der Waals surface area contributed by atoms with Crippen LogP contribution in [0.4, 0.5) is 0 Å². The number of hydrogen-bond donors (Lipinski definition) is 0. The predicted molar refractivity (Wildman–Crippen MR) is 76.7 cm³/mol. The Labute approximate surface area is 111 Å². The molecule has 0 unspecified atom stereocenters. The predicted octanol–water partition coefficient (Wildman–Crippen LogP) is 4.52. The first-order valence-electron chi connectivity index (χ1n) is 7.09. The molecule has 0 bridgehead atoms. The molecule has 2 atom stereocenters. The largest absolute Gasteiger partial charge is 0.375 e. The first-order valence-corrected chi connectivity index (χ1v) is 7.09. The summed E-state index contributed by atoms with van der Waals surface area (Å²) in [6, 6.07) is 10.7. The maximum absolute atomic E-state index is 6.14. The zero-order valence-corrected chi connectivity index (χ0v) is 11.6. The standard InChI is InChI=1S/C17H24O/c1-14-7-6-8-15(2)18-17(13-14)12-11-16-9-4-3-5-10-16/h3-5,7,9-10,15,17H,6,8,11-13H2,1-2H3/b14-7-/t15-,17+/m0/s1. The first kappa shape index (κ1) is 13.4. The molecule has 1 aliphatic heterocycles. The molecule has 98 valence electrons. The minimum Gasteiger partial charge on any atom is -0.375 e. The third-order valence-corrected chi connectivity index (χ3v) is 3.64. The molecule has 0 fully saturated rings. The van der Waals surface area contributed by atoms with Crippen LogP contribution in [0.3, 0.4) is 0 Å². The van der Waals surface area contributed by atoms with Crippen LogP contribution in [-0.2, 0) is 11.2 Å². The van der Waals surface area contributed by atoms with Crippen LogP contribution in [0.2, 0.25) is 0 Å². The first-order chi connectivity index (χ1) is 8.74. The summed E-state index contributed by atoms with van der Waals surface area (Å²) in [7, 11) is 0. The number of benzene rings is 1. The lowest BCUT2D eigenvalue weighted by atomic mass is 9.99. The van der Waals surface area contributed by atoms with E-state index in [2.05, 4.69) is 50.3 Å². The molecule has 0 spiro atoms. The Kier molecular flexibility index (Phi) is 5.00. The monoisotopic (exact) mass is 244 g/mol. The summed E-state index contributed by atoms with van der Waals surface area (Å²) in [5.74, 6) is 0. The molecule has 0 aliphatic carbocycles. The van der Waals surface area contributed by atoms with Crippen molar-refractivity contribution >= 4 is 0 Å². The van der Waals surface area contributed by atoms with E-state index in [1.165, 1.54) is 17.6 Å². The van der Waals surface area contributed by atoms with Gasteiger partial charge in [-0.05, 0) is 51.5 Å². The van der Waals surface area contributed by atoms with Crippen LogP contribution in [0, 0.1) is 0 Å². The molecule has 18 heavy (non-hydrogen) atoms. The Hall–Kier alpha value is -1.08. The summed E-state index contributed by atoms with van der Waals surface area (Å²) in [6.07, 6.45) is 8.82. The van der Waals surface area contributed by atoms with Crippen LogP contribution >= 0.6 is 0 Å². The molecule has 0 saturated heterocycles. The molecule has 2 rings (SSSR count). The van der Waals surface area contributed by atoms with Crippen molar-refractivity contribution in [3.05, 3.63) is 47.5 Å². The van der Waals surface area contributed by atoms with E-state index in [1.54, 1.807) is 0 Å². The van der Waals surface area contributed by atoms with E-state index in [0.29, 0.717) is 12.2 Å². The van der Waals surface area contributed by atoms with Crippen LogP contribution in [0.25, 0.3) is 0 Å². The van der Waals surface area contributed by atoms with Crippen molar-refractivity contribution in [3.8, 4) is 0 Å². The van der Waals surface area contributed by atoms with Crippen molar-refractivity contribution in [2.75, 3.05) is 0 Å². The molecule has 0 saturated carbocycles. The van der Waals surface area contributed by atoms with Gasteiger partial charge >= 0.3 is 0 Å². The number of hydrogen-bond acceptors (Lipinski definition) is 1. The van der Waals surface area contributed by atoms with Crippen LogP contribution < -0.4 is 0 Å². The summed E-state index contributed by atoms with van der Waals surface area (Å²) >= 11 is 0. The SMILES string of the molecule is C/C1=C/CC[C@H](C)O[C@H](CCc2ccccc2)C1. The average molecular weight is 244 g/mol. The van der Waals surface area contributed by atoms with Crippen LogP contribution in [0.1, 0.15) is 45.1 Å². The van der Waals surface area contributed by atoms with E-state index in [1.807, 2.05) is 0 Å².